The monoisotopic (exact) mass is 356 g/mol. The summed E-state index contributed by atoms with van der Waals surface area (Å²) in [4.78, 5) is 0. The number of nitrogens with zero attached hydrogens (tertiary/aromatic N) is 3. The van der Waals surface area contributed by atoms with E-state index in [1.54, 1.807) is 16.4 Å². The van der Waals surface area contributed by atoms with Crippen LogP contribution in [0.5, 0.6) is 0 Å². The fourth-order valence-electron chi connectivity index (χ4n) is 1.48. The van der Waals surface area contributed by atoms with Crippen molar-refractivity contribution < 1.29 is 0 Å². The van der Waals surface area contributed by atoms with Crippen molar-refractivity contribution in [3.63, 3.8) is 0 Å². The van der Waals surface area contributed by atoms with Gasteiger partial charge in [0.05, 0.1) is 8.07 Å². The Morgan fingerprint density at radius 1 is 1.26 bits per heavy atom. The molecule has 2 aromatic rings. The summed E-state index contributed by atoms with van der Waals surface area (Å²) >= 11 is 5.20. The SMILES string of the molecule is C[Si](C)(C)CSc1nnc(-c2ccccc2Br)n1N. The van der Waals surface area contributed by atoms with Gasteiger partial charge in [0.2, 0.25) is 5.16 Å². The van der Waals surface area contributed by atoms with Crippen LogP contribution in [-0.4, -0.2) is 28.3 Å². The molecule has 19 heavy (non-hydrogen) atoms. The van der Waals surface area contributed by atoms with E-state index in [0.717, 1.165) is 20.6 Å². The molecule has 0 atom stereocenters. The first-order valence-corrected chi connectivity index (χ1v) is 11.5. The number of rotatable bonds is 4. The molecule has 0 amide bonds. The third-order valence-corrected chi connectivity index (χ3v) is 7.68. The van der Waals surface area contributed by atoms with Gasteiger partial charge in [-0.25, -0.2) is 4.68 Å². The molecule has 0 saturated heterocycles. The molecule has 0 aliphatic heterocycles. The maximum atomic E-state index is 6.10. The van der Waals surface area contributed by atoms with Crippen LogP contribution in [0.2, 0.25) is 19.6 Å². The number of aromatic nitrogens is 3. The highest BCUT2D eigenvalue weighted by atomic mass is 79.9. The molecule has 0 spiro atoms. The van der Waals surface area contributed by atoms with Crippen LogP contribution in [0.15, 0.2) is 33.9 Å². The van der Waals surface area contributed by atoms with Crippen LogP contribution in [-0.2, 0) is 0 Å². The van der Waals surface area contributed by atoms with Crippen LogP contribution < -0.4 is 5.84 Å². The van der Waals surface area contributed by atoms with E-state index >= 15 is 0 Å². The molecule has 0 aliphatic carbocycles. The van der Waals surface area contributed by atoms with Gasteiger partial charge in [-0.3, -0.25) is 0 Å². The van der Waals surface area contributed by atoms with E-state index in [2.05, 4.69) is 45.8 Å². The van der Waals surface area contributed by atoms with E-state index < -0.39 is 8.07 Å². The van der Waals surface area contributed by atoms with E-state index in [4.69, 9.17) is 5.84 Å². The van der Waals surface area contributed by atoms with Gasteiger partial charge >= 0.3 is 0 Å². The Hall–Kier alpha value is -0.793. The topological polar surface area (TPSA) is 56.7 Å². The van der Waals surface area contributed by atoms with Crippen LogP contribution in [0.1, 0.15) is 0 Å². The van der Waals surface area contributed by atoms with Crippen molar-refractivity contribution in [2.45, 2.75) is 24.8 Å². The lowest BCUT2D eigenvalue weighted by Crippen LogP contribution is -2.24. The fourth-order valence-corrected chi connectivity index (χ4v) is 4.52. The molecule has 0 fully saturated rings. The largest absolute Gasteiger partial charge is 0.335 e. The highest BCUT2D eigenvalue weighted by Crippen LogP contribution is 2.28. The molecule has 1 aromatic heterocycles. The number of hydrogen-bond donors (Lipinski definition) is 1. The lowest BCUT2D eigenvalue weighted by atomic mass is 10.2. The summed E-state index contributed by atoms with van der Waals surface area (Å²) < 4.78 is 2.54. The highest BCUT2D eigenvalue weighted by molar-refractivity contribution is 9.10. The predicted octanol–water partition coefficient (Wildman–Crippen LogP) is 3.39. The molecular weight excluding hydrogens is 340 g/mol. The standard InChI is InChI=1S/C12H17BrN4SSi/c1-19(2,3)8-18-12-16-15-11(17(12)14)9-6-4-5-7-10(9)13/h4-7H,8,14H2,1-3H3. The molecule has 7 heteroatoms. The highest BCUT2D eigenvalue weighted by Gasteiger charge is 2.18. The normalized spacial score (nSPS) is 11.8. The van der Waals surface area contributed by atoms with Crippen molar-refractivity contribution >= 4 is 35.8 Å². The molecule has 0 bridgehead atoms. The second kappa shape index (κ2) is 5.68. The van der Waals surface area contributed by atoms with Gasteiger partial charge in [0.25, 0.3) is 0 Å². The molecule has 1 heterocycles. The average Bonchev–Trinajstić information content (AvgIpc) is 2.68. The number of hydrogen-bond acceptors (Lipinski definition) is 4. The maximum absolute atomic E-state index is 6.10. The smallest absolute Gasteiger partial charge is 0.209 e. The average molecular weight is 357 g/mol. The minimum Gasteiger partial charge on any atom is -0.335 e. The first-order chi connectivity index (χ1) is 8.88. The molecule has 102 valence electrons. The Kier molecular flexibility index (Phi) is 4.37. The Labute approximate surface area is 126 Å². The molecule has 2 N–H and O–H groups in total. The van der Waals surface area contributed by atoms with Crippen LogP contribution in [0, 0.1) is 0 Å². The van der Waals surface area contributed by atoms with Crippen LogP contribution in [0.3, 0.4) is 0 Å². The quantitative estimate of drug-likeness (QED) is 0.518. The molecular formula is C12H17BrN4SSi. The van der Waals surface area contributed by atoms with Crippen molar-refractivity contribution in [2.75, 3.05) is 11.2 Å². The summed E-state index contributed by atoms with van der Waals surface area (Å²) in [6.45, 7) is 6.98. The second-order valence-corrected chi connectivity index (χ2v) is 13.3. The molecule has 4 nitrogen and oxygen atoms in total. The van der Waals surface area contributed by atoms with Gasteiger partial charge in [-0.1, -0.05) is 59.5 Å². The number of nitrogen functional groups attached to an aromatic ring is 1. The van der Waals surface area contributed by atoms with Crippen molar-refractivity contribution in [2.24, 2.45) is 0 Å². The molecule has 0 aliphatic rings. The van der Waals surface area contributed by atoms with Gasteiger partial charge in [-0.2, -0.15) is 0 Å². The summed E-state index contributed by atoms with van der Waals surface area (Å²) in [5.74, 6) is 6.78. The van der Waals surface area contributed by atoms with E-state index in [-0.39, 0.29) is 0 Å². The van der Waals surface area contributed by atoms with E-state index in [9.17, 15) is 0 Å². The van der Waals surface area contributed by atoms with Crippen molar-refractivity contribution in [1.29, 1.82) is 0 Å². The summed E-state index contributed by atoms with van der Waals surface area (Å²) in [7, 11) is -1.13. The minimum absolute atomic E-state index is 0.686. The first kappa shape index (κ1) is 14.6. The van der Waals surface area contributed by atoms with E-state index in [0.29, 0.717) is 5.82 Å². The lowest BCUT2D eigenvalue weighted by Gasteiger charge is -2.14. The van der Waals surface area contributed by atoms with Gasteiger partial charge < -0.3 is 5.84 Å². The third kappa shape index (κ3) is 3.61. The molecule has 1 aromatic carbocycles. The molecule has 0 saturated carbocycles. The number of benzene rings is 1. The zero-order valence-corrected chi connectivity index (χ0v) is 14.6. The predicted molar refractivity (Wildman–Crippen MR) is 87.4 cm³/mol. The number of thioether (sulfide) groups is 1. The fraction of sp³-hybridized carbons (Fsp3) is 0.333. The van der Waals surface area contributed by atoms with Crippen molar-refractivity contribution in [3.05, 3.63) is 28.7 Å². The molecule has 0 radical (unpaired) electrons. The van der Waals surface area contributed by atoms with E-state index in [1.165, 1.54) is 0 Å². The number of nitrogens with two attached hydrogens (primary N) is 1. The van der Waals surface area contributed by atoms with Crippen LogP contribution in [0.4, 0.5) is 0 Å². The van der Waals surface area contributed by atoms with Gasteiger partial charge in [0.1, 0.15) is 0 Å². The summed E-state index contributed by atoms with van der Waals surface area (Å²) in [6.07, 6.45) is 0. The van der Waals surface area contributed by atoms with Crippen LogP contribution in [0.25, 0.3) is 11.4 Å². The van der Waals surface area contributed by atoms with Crippen molar-refractivity contribution in [3.8, 4) is 11.4 Å². The minimum atomic E-state index is -1.13. The third-order valence-electron chi connectivity index (χ3n) is 2.41. The first-order valence-electron chi connectivity index (χ1n) is 5.97. The lowest BCUT2D eigenvalue weighted by molar-refractivity contribution is 0.851. The summed E-state index contributed by atoms with van der Waals surface area (Å²) in [6, 6.07) is 7.87. The second-order valence-electron chi connectivity index (χ2n) is 5.51. The maximum Gasteiger partial charge on any atom is 0.209 e. The Balaban J connectivity index is 2.26. The summed E-state index contributed by atoms with van der Waals surface area (Å²) in [5, 5.41) is 10.2. The van der Waals surface area contributed by atoms with Gasteiger partial charge in [0.15, 0.2) is 5.82 Å². The summed E-state index contributed by atoms with van der Waals surface area (Å²) in [5.41, 5.74) is 0.956. The Morgan fingerprint density at radius 2 is 1.95 bits per heavy atom. The molecule has 0 unspecified atom stereocenters. The zero-order valence-electron chi connectivity index (χ0n) is 11.2. The van der Waals surface area contributed by atoms with Gasteiger partial charge in [0, 0.05) is 10.0 Å². The number of halogens is 1. The van der Waals surface area contributed by atoms with Crippen molar-refractivity contribution in [1.82, 2.24) is 14.9 Å². The van der Waals surface area contributed by atoms with Gasteiger partial charge in [-0.15, -0.1) is 10.2 Å². The molecule has 2 rings (SSSR count). The Morgan fingerprint density at radius 3 is 2.58 bits per heavy atom. The van der Waals surface area contributed by atoms with E-state index in [1.807, 2.05) is 24.3 Å². The Bertz CT molecular complexity index is 579. The van der Waals surface area contributed by atoms with Crippen LogP contribution >= 0.6 is 27.7 Å². The van der Waals surface area contributed by atoms with Gasteiger partial charge in [-0.05, 0) is 17.5 Å². The zero-order chi connectivity index (χ0) is 14.0.